The highest BCUT2D eigenvalue weighted by atomic mass is 16.5. The molecule has 0 bridgehead atoms. The van der Waals surface area contributed by atoms with Crippen LogP contribution in [0.5, 0.6) is 5.75 Å². The number of aliphatic carboxylic acids is 1. The first-order valence-corrected chi connectivity index (χ1v) is 11.3. The van der Waals surface area contributed by atoms with Crippen LogP contribution < -0.4 is 10.6 Å². The third-order valence-corrected chi connectivity index (χ3v) is 6.06. The number of aromatic hydroxyl groups is 1. The Morgan fingerprint density at radius 1 is 0.886 bits per heavy atom. The van der Waals surface area contributed by atoms with Gasteiger partial charge in [0.25, 0.3) is 0 Å². The maximum absolute atomic E-state index is 12.5. The molecule has 0 heterocycles. The molecular formula is C27H26N2O6. The molecule has 3 aromatic carbocycles. The van der Waals surface area contributed by atoms with Crippen LogP contribution in [-0.4, -0.2) is 46.9 Å². The molecule has 0 fully saturated rings. The van der Waals surface area contributed by atoms with Crippen molar-refractivity contribution in [3.8, 4) is 16.9 Å². The molecule has 0 saturated carbocycles. The van der Waals surface area contributed by atoms with Crippen LogP contribution in [0.25, 0.3) is 11.1 Å². The maximum Gasteiger partial charge on any atom is 0.407 e. The van der Waals surface area contributed by atoms with Gasteiger partial charge in [-0.1, -0.05) is 60.7 Å². The van der Waals surface area contributed by atoms with Crippen molar-refractivity contribution in [3.63, 3.8) is 0 Å². The molecule has 0 aliphatic heterocycles. The summed E-state index contributed by atoms with van der Waals surface area (Å²) >= 11 is 0. The monoisotopic (exact) mass is 474 g/mol. The van der Waals surface area contributed by atoms with Gasteiger partial charge in [-0.25, -0.2) is 9.59 Å². The number of phenols is 1. The van der Waals surface area contributed by atoms with Gasteiger partial charge in [0, 0.05) is 12.3 Å². The molecule has 35 heavy (non-hydrogen) atoms. The highest BCUT2D eigenvalue weighted by molar-refractivity contribution is 5.89. The molecule has 2 atom stereocenters. The number of phenolic OH excluding ortho intramolecular Hbond substituents is 1. The summed E-state index contributed by atoms with van der Waals surface area (Å²) in [4.78, 5) is 36.6. The highest BCUT2D eigenvalue weighted by Gasteiger charge is 2.30. The lowest BCUT2D eigenvalue weighted by Crippen LogP contribution is -2.51. The number of amides is 2. The van der Waals surface area contributed by atoms with Gasteiger partial charge in [0.1, 0.15) is 24.4 Å². The number of benzene rings is 3. The van der Waals surface area contributed by atoms with Gasteiger partial charge in [-0.15, -0.1) is 0 Å². The topological polar surface area (TPSA) is 125 Å². The summed E-state index contributed by atoms with van der Waals surface area (Å²) in [6.07, 6.45) is -0.737. The average Bonchev–Trinajstić information content (AvgIpc) is 3.17. The summed E-state index contributed by atoms with van der Waals surface area (Å²) in [6, 6.07) is 19.8. The van der Waals surface area contributed by atoms with Crippen molar-refractivity contribution in [2.45, 2.75) is 31.3 Å². The first-order chi connectivity index (χ1) is 16.8. The Balaban J connectivity index is 1.33. The zero-order valence-electron chi connectivity index (χ0n) is 19.1. The van der Waals surface area contributed by atoms with Crippen molar-refractivity contribution < 1.29 is 29.3 Å². The third kappa shape index (κ3) is 5.43. The molecule has 2 amide bonds. The molecule has 0 unspecified atom stereocenters. The summed E-state index contributed by atoms with van der Waals surface area (Å²) < 4.78 is 5.45. The summed E-state index contributed by atoms with van der Waals surface area (Å²) in [5.74, 6) is -1.91. The lowest BCUT2D eigenvalue weighted by molar-refractivity contribution is -0.142. The lowest BCUT2D eigenvalue weighted by Gasteiger charge is -2.19. The van der Waals surface area contributed by atoms with E-state index in [1.165, 1.54) is 19.1 Å². The number of carbonyl (C=O) groups excluding carboxylic acids is 2. The predicted octanol–water partition coefficient (Wildman–Crippen LogP) is 3.43. The number of rotatable bonds is 8. The second-order valence-electron chi connectivity index (χ2n) is 8.46. The predicted molar refractivity (Wildman–Crippen MR) is 129 cm³/mol. The number of nitrogens with one attached hydrogen (secondary N) is 2. The first kappa shape index (κ1) is 23.8. The second kappa shape index (κ2) is 10.3. The number of alkyl carbamates (subject to hydrolysis) is 1. The Morgan fingerprint density at radius 3 is 2.03 bits per heavy atom. The van der Waals surface area contributed by atoms with E-state index in [-0.39, 0.29) is 24.7 Å². The standard InChI is InChI=1S/C27H26N2O6/c1-16(25(31)29-24(26(32)33)14-17-10-12-18(30)13-11-17)28-27(34)35-15-23-21-8-4-2-6-19(21)20-7-3-5-9-22(20)23/h2-13,16,23-24,30H,14-15H2,1H3,(H,28,34)(H,29,31)(H,32,33)/t16-,24-/m0/s1. The first-order valence-electron chi connectivity index (χ1n) is 11.3. The summed E-state index contributed by atoms with van der Waals surface area (Å²) in [5, 5.41) is 23.8. The normalized spacial score (nSPS) is 13.7. The van der Waals surface area contributed by atoms with Gasteiger partial charge < -0.3 is 25.6 Å². The van der Waals surface area contributed by atoms with E-state index in [9.17, 15) is 24.6 Å². The highest BCUT2D eigenvalue weighted by Crippen LogP contribution is 2.44. The Bertz CT molecular complexity index is 1190. The van der Waals surface area contributed by atoms with Crippen molar-refractivity contribution in [2.24, 2.45) is 0 Å². The Morgan fingerprint density at radius 2 is 1.46 bits per heavy atom. The number of hydrogen-bond acceptors (Lipinski definition) is 5. The van der Waals surface area contributed by atoms with E-state index < -0.39 is 30.1 Å². The fourth-order valence-corrected chi connectivity index (χ4v) is 4.25. The third-order valence-electron chi connectivity index (χ3n) is 6.06. The van der Waals surface area contributed by atoms with Crippen molar-refractivity contribution in [2.75, 3.05) is 6.61 Å². The van der Waals surface area contributed by atoms with Gasteiger partial charge >= 0.3 is 12.1 Å². The van der Waals surface area contributed by atoms with E-state index >= 15 is 0 Å². The van der Waals surface area contributed by atoms with Crippen LogP contribution in [0.15, 0.2) is 72.8 Å². The van der Waals surface area contributed by atoms with E-state index in [1.807, 2.05) is 48.5 Å². The number of carboxylic acid groups (broad SMARTS) is 1. The molecule has 4 rings (SSSR count). The van der Waals surface area contributed by atoms with Gasteiger partial charge in [0.2, 0.25) is 5.91 Å². The molecule has 0 spiro atoms. The number of carbonyl (C=O) groups is 3. The van der Waals surface area contributed by atoms with E-state index in [2.05, 4.69) is 10.6 Å². The van der Waals surface area contributed by atoms with Crippen LogP contribution in [0.4, 0.5) is 4.79 Å². The molecule has 1 aliphatic rings. The number of carboxylic acids is 1. The molecule has 0 saturated heterocycles. The van der Waals surface area contributed by atoms with Gasteiger partial charge in [-0.05, 0) is 46.9 Å². The Hall–Kier alpha value is -4.33. The smallest absolute Gasteiger partial charge is 0.407 e. The van der Waals surface area contributed by atoms with Crippen molar-refractivity contribution in [3.05, 3.63) is 89.5 Å². The quantitative estimate of drug-likeness (QED) is 0.396. The van der Waals surface area contributed by atoms with Gasteiger partial charge in [-0.3, -0.25) is 4.79 Å². The van der Waals surface area contributed by atoms with Crippen LogP contribution in [0, 0.1) is 0 Å². The molecule has 3 aromatic rings. The van der Waals surface area contributed by atoms with Crippen LogP contribution >= 0.6 is 0 Å². The van der Waals surface area contributed by atoms with Gasteiger partial charge in [0.15, 0.2) is 0 Å². The summed E-state index contributed by atoms with van der Waals surface area (Å²) in [6.45, 7) is 1.56. The average molecular weight is 475 g/mol. The molecule has 4 N–H and O–H groups in total. The van der Waals surface area contributed by atoms with E-state index in [0.29, 0.717) is 5.56 Å². The molecule has 8 heteroatoms. The van der Waals surface area contributed by atoms with Crippen LogP contribution in [0.3, 0.4) is 0 Å². The zero-order chi connectivity index (χ0) is 24.9. The minimum Gasteiger partial charge on any atom is -0.508 e. The van der Waals surface area contributed by atoms with Crippen LogP contribution in [-0.2, 0) is 20.7 Å². The molecule has 0 aromatic heterocycles. The van der Waals surface area contributed by atoms with Gasteiger partial charge in [-0.2, -0.15) is 0 Å². The minimum atomic E-state index is -1.21. The number of ether oxygens (including phenoxy) is 1. The fraction of sp³-hybridized carbons (Fsp3) is 0.222. The molecule has 180 valence electrons. The number of fused-ring (bicyclic) bond motifs is 3. The fourth-order valence-electron chi connectivity index (χ4n) is 4.25. The minimum absolute atomic E-state index is 0.0268. The SMILES string of the molecule is C[C@H](NC(=O)OCC1c2ccccc2-c2ccccc21)C(=O)N[C@@H](Cc1ccc(O)cc1)C(=O)O. The summed E-state index contributed by atoms with van der Waals surface area (Å²) in [7, 11) is 0. The van der Waals surface area contributed by atoms with Crippen LogP contribution in [0.1, 0.15) is 29.5 Å². The maximum atomic E-state index is 12.5. The molecule has 1 aliphatic carbocycles. The van der Waals surface area contributed by atoms with Crippen molar-refractivity contribution in [1.29, 1.82) is 0 Å². The van der Waals surface area contributed by atoms with Crippen molar-refractivity contribution in [1.82, 2.24) is 10.6 Å². The summed E-state index contributed by atoms with van der Waals surface area (Å²) in [5.41, 5.74) is 5.00. The van der Waals surface area contributed by atoms with E-state index in [4.69, 9.17) is 4.74 Å². The van der Waals surface area contributed by atoms with E-state index in [0.717, 1.165) is 22.3 Å². The largest absolute Gasteiger partial charge is 0.508 e. The molecule has 8 nitrogen and oxygen atoms in total. The van der Waals surface area contributed by atoms with Gasteiger partial charge in [0.05, 0.1) is 0 Å². The number of hydrogen-bond donors (Lipinski definition) is 4. The lowest BCUT2D eigenvalue weighted by atomic mass is 9.98. The van der Waals surface area contributed by atoms with Crippen molar-refractivity contribution >= 4 is 18.0 Å². The van der Waals surface area contributed by atoms with E-state index in [1.54, 1.807) is 12.1 Å². The Kier molecular flexibility index (Phi) is 7.01. The Labute approximate surface area is 202 Å². The second-order valence-corrected chi connectivity index (χ2v) is 8.46. The van der Waals surface area contributed by atoms with Crippen LogP contribution in [0.2, 0.25) is 0 Å². The molecular weight excluding hydrogens is 448 g/mol. The molecule has 0 radical (unpaired) electrons. The zero-order valence-corrected chi connectivity index (χ0v) is 19.1.